The summed E-state index contributed by atoms with van der Waals surface area (Å²) in [6, 6.07) is 0. The van der Waals surface area contributed by atoms with Crippen LogP contribution in [0.1, 0.15) is 44.0 Å². The molecule has 0 saturated heterocycles. The first-order valence-electron chi connectivity index (χ1n) is 7.48. The van der Waals surface area contributed by atoms with Gasteiger partial charge in [-0.25, -0.2) is 4.98 Å². The number of carbonyl (C=O) groups is 1. The molecule has 1 heterocycles. The third kappa shape index (κ3) is 2.59. The quantitative estimate of drug-likeness (QED) is 0.837. The largest absolute Gasteiger partial charge is 0.480 e. The number of likely N-dealkylation sites (N-methyl/N-ethyl adjacent to an activating group) is 1. The number of aromatic nitrogens is 2. The van der Waals surface area contributed by atoms with Gasteiger partial charge >= 0.3 is 5.97 Å². The van der Waals surface area contributed by atoms with Crippen LogP contribution in [0.4, 0.5) is 0 Å². The second-order valence-corrected chi connectivity index (χ2v) is 5.79. The first kappa shape index (κ1) is 15.0. The molecule has 0 radical (unpaired) electrons. The van der Waals surface area contributed by atoms with Crippen molar-refractivity contribution in [1.29, 1.82) is 0 Å². The Morgan fingerprint density at radius 3 is 2.90 bits per heavy atom. The summed E-state index contributed by atoms with van der Waals surface area (Å²) < 4.78 is 2.13. The van der Waals surface area contributed by atoms with Gasteiger partial charge in [0.2, 0.25) is 0 Å². The number of nitrogens with zero attached hydrogens (tertiary/aromatic N) is 2. The van der Waals surface area contributed by atoms with Crippen LogP contribution in [0.5, 0.6) is 0 Å². The number of carboxylic acids is 1. The minimum Gasteiger partial charge on any atom is -0.480 e. The number of aryl methyl sites for hydroxylation is 2. The highest BCUT2D eigenvalue weighted by atomic mass is 16.4. The molecular formula is C15H25N3O2. The maximum Gasteiger partial charge on any atom is 0.324 e. The molecule has 5 nitrogen and oxygen atoms in total. The van der Waals surface area contributed by atoms with Gasteiger partial charge in [-0.2, -0.15) is 0 Å². The van der Waals surface area contributed by atoms with Crippen LogP contribution in [0, 0.1) is 19.8 Å². The zero-order valence-corrected chi connectivity index (χ0v) is 12.6. The molecule has 0 bridgehead atoms. The van der Waals surface area contributed by atoms with Crippen LogP contribution in [-0.4, -0.2) is 32.7 Å². The van der Waals surface area contributed by atoms with Gasteiger partial charge in [-0.3, -0.25) is 4.79 Å². The molecule has 1 aromatic heterocycles. The zero-order chi connectivity index (χ0) is 14.8. The van der Waals surface area contributed by atoms with Crippen molar-refractivity contribution in [2.45, 2.75) is 58.5 Å². The predicted octanol–water partition coefficient (Wildman–Crippen LogP) is 2.12. The van der Waals surface area contributed by atoms with Gasteiger partial charge in [0.05, 0.1) is 12.0 Å². The molecule has 1 saturated carbocycles. The van der Waals surface area contributed by atoms with E-state index in [1.165, 1.54) is 5.69 Å². The molecule has 2 N–H and O–H groups in total. The number of hydrogen-bond acceptors (Lipinski definition) is 3. The Balaban J connectivity index is 2.07. The highest BCUT2D eigenvalue weighted by Gasteiger charge is 2.48. The highest BCUT2D eigenvalue weighted by Crippen LogP contribution is 2.38. The van der Waals surface area contributed by atoms with Crippen LogP contribution in [0.3, 0.4) is 0 Å². The molecule has 20 heavy (non-hydrogen) atoms. The van der Waals surface area contributed by atoms with Crippen molar-refractivity contribution in [1.82, 2.24) is 14.9 Å². The zero-order valence-electron chi connectivity index (χ0n) is 12.6. The van der Waals surface area contributed by atoms with E-state index in [9.17, 15) is 9.90 Å². The molecule has 0 amide bonds. The summed E-state index contributed by atoms with van der Waals surface area (Å²) in [5.41, 5.74) is 1.50. The Bertz CT molecular complexity index is 483. The Hall–Kier alpha value is -1.36. The number of aliphatic carboxylic acids is 1. The van der Waals surface area contributed by atoms with Crippen LogP contribution < -0.4 is 5.32 Å². The lowest BCUT2D eigenvalue weighted by atomic mass is 9.84. The first-order chi connectivity index (χ1) is 9.51. The molecule has 1 fully saturated rings. The van der Waals surface area contributed by atoms with Gasteiger partial charge in [0.1, 0.15) is 5.54 Å². The fourth-order valence-corrected chi connectivity index (χ4v) is 3.44. The van der Waals surface area contributed by atoms with Gasteiger partial charge in [-0.15, -0.1) is 0 Å². The van der Waals surface area contributed by atoms with Gasteiger partial charge in [-0.05, 0) is 45.6 Å². The summed E-state index contributed by atoms with van der Waals surface area (Å²) >= 11 is 0. The lowest BCUT2D eigenvalue weighted by molar-refractivity contribution is -0.146. The summed E-state index contributed by atoms with van der Waals surface area (Å²) in [6.07, 6.45) is 5.46. The Morgan fingerprint density at radius 2 is 2.35 bits per heavy atom. The van der Waals surface area contributed by atoms with E-state index in [0.29, 0.717) is 6.54 Å². The molecule has 5 heteroatoms. The molecule has 1 aliphatic carbocycles. The minimum atomic E-state index is -0.724. The van der Waals surface area contributed by atoms with Crippen molar-refractivity contribution >= 4 is 5.97 Å². The van der Waals surface area contributed by atoms with E-state index in [0.717, 1.165) is 37.9 Å². The lowest BCUT2D eigenvalue weighted by Gasteiger charge is -2.32. The van der Waals surface area contributed by atoms with Crippen molar-refractivity contribution in [2.24, 2.45) is 5.92 Å². The average Bonchev–Trinajstić information content (AvgIpc) is 2.95. The van der Waals surface area contributed by atoms with Gasteiger partial charge in [-0.1, -0.05) is 13.3 Å². The number of imidazole rings is 1. The van der Waals surface area contributed by atoms with E-state index in [4.69, 9.17) is 0 Å². The molecule has 1 aliphatic rings. The Labute approximate surface area is 120 Å². The van der Waals surface area contributed by atoms with Crippen molar-refractivity contribution in [3.63, 3.8) is 0 Å². The van der Waals surface area contributed by atoms with E-state index in [-0.39, 0.29) is 5.92 Å². The Kier molecular flexibility index (Phi) is 4.48. The van der Waals surface area contributed by atoms with Crippen LogP contribution in [0.2, 0.25) is 0 Å². The van der Waals surface area contributed by atoms with Gasteiger partial charge in [0, 0.05) is 12.2 Å². The summed E-state index contributed by atoms with van der Waals surface area (Å²) in [7, 11) is 0. The maximum absolute atomic E-state index is 11.7. The maximum atomic E-state index is 11.7. The van der Waals surface area contributed by atoms with E-state index >= 15 is 0 Å². The monoisotopic (exact) mass is 279 g/mol. The van der Waals surface area contributed by atoms with Crippen LogP contribution in [0.15, 0.2) is 6.33 Å². The molecule has 2 atom stereocenters. The molecule has 1 aromatic rings. The third-order valence-corrected chi connectivity index (χ3v) is 4.76. The predicted molar refractivity (Wildman–Crippen MR) is 77.7 cm³/mol. The second kappa shape index (κ2) is 5.95. The molecule has 0 aliphatic heterocycles. The van der Waals surface area contributed by atoms with Crippen molar-refractivity contribution in [2.75, 3.05) is 6.54 Å². The lowest BCUT2D eigenvalue weighted by Crippen LogP contribution is -2.54. The van der Waals surface area contributed by atoms with E-state index in [1.54, 1.807) is 0 Å². The SMILES string of the molecule is CCNC1(C(=O)O)CCCC1CCn1cnc(C)c1C. The smallest absolute Gasteiger partial charge is 0.324 e. The average molecular weight is 279 g/mol. The number of rotatable bonds is 6. The summed E-state index contributed by atoms with van der Waals surface area (Å²) in [6.45, 7) is 7.58. The second-order valence-electron chi connectivity index (χ2n) is 5.79. The van der Waals surface area contributed by atoms with E-state index in [1.807, 2.05) is 20.2 Å². The Morgan fingerprint density at radius 1 is 1.60 bits per heavy atom. The number of hydrogen-bond donors (Lipinski definition) is 2. The van der Waals surface area contributed by atoms with Gasteiger partial charge < -0.3 is 15.0 Å². The third-order valence-electron chi connectivity index (χ3n) is 4.76. The summed E-state index contributed by atoms with van der Waals surface area (Å²) in [5, 5.41) is 12.9. The summed E-state index contributed by atoms with van der Waals surface area (Å²) in [5.74, 6) is -0.498. The fourth-order valence-electron chi connectivity index (χ4n) is 3.44. The van der Waals surface area contributed by atoms with Gasteiger partial charge in [0.15, 0.2) is 0 Å². The molecule has 0 aromatic carbocycles. The van der Waals surface area contributed by atoms with Crippen molar-refractivity contribution in [3.8, 4) is 0 Å². The van der Waals surface area contributed by atoms with Crippen LogP contribution >= 0.6 is 0 Å². The van der Waals surface area contributed by atoms with Crippen LogP contribution in [0.25, 0.3) is 0 Å². The normalized spacial score (nSPS) is 26.1. The van der Waals surface area contributed by atoms with Gasteiger partial charge in [0.25, 0.3) is 0 Å². The number of carboxylic acid groups (broad SMARTS) is 1. The summed E-state index contributed by atoms with van der Waals surface area (Å²) in [4.78, 5) is 16.0. The van der Waals surface area contributed by atoms with E-state index < -0.39 is 11.5 Å². The molecule has 2 unspecified atom stereocenters. The molecule has 0 spiro atoms. The number of nitrogens with one attached hydrogen (secondary N) is 1. The highest BCUT2D eigenvalue weighted by molar-refractivity contribution is 5.79. The minimum absolute atomic E-state index is 0.196. The topological polar surface area (TPSA) is 67.2 Å². The molecule has 112 valence electrons. The van der Waals surface area contributed by atoms with Crippen LogP contribution in [-0.2, 0) is 11.3 Å². The molecular weight excluding hydrogens is 254 g/mol. The van der Waals surface area contributed by atoms with Crippen molar-refractivity contribution < 1.29 is 9.90 Å². The van der Waals surface area contributed by atoms with Crippen molar-refractivity contribution in [3.05, 3.63) is 17.7 Å². The molecule has 2 rings (SSSR count). The van der Waals surface area contributed by atoms with E-state index in [2.05, 4.69) is 21.8 Å². The fraction of sp³-hybridized carbons (Fsp3) is 0.733. The first-order valence-corrected chi connectivity index (χ1v) is 7.48. The standard InChI is InChI=1S/C15H25N3O2/c1-4-17-15(14(19)20)8-5-6-13(15)7-9-18-10-16-11(2)12(18)3/h10,13,17H,4-9H2,1-3H3,(H,19,20).